The molecule has 0 saturated heterocycles. The molecule has 0 radical (unpaired) electrons. The number of aryl methyl sites for hydroxylation is 1. The minimum atomic E-state index is 0.533. The SMILES string of the molecule is SCCc1noc2cccc(OCc3ccccc3)c12. The van der Waals surface area contributed by atoms with Crippen molar-refractivity contribution in [2.75, 3.05) is 5.75 Å². The maximum Gasteiger partial charge on any atom is 0.170 e. The maximum absolute atomic E-state index is 5.93. The summed E-state index contributed by atoms with van der Waals surface area (Å²) in [6.07, 6.45) is 0.766. The van der Waals surface area contributed by atoms with Crippen molar-refractivity contribution in [1.82, 2.24) is 5.16 Å². The number of nitrogens with zero attached hydrogens (tertiary/aromatic N) is 1. The molecule has 2 aromatic carbocycles. The van der Waals surface area contributed by atoms with Crippen LogP contribution in [0.25, 0.3) is 11.0 Å². The lowest BCUT2D eigenvalue weighted by Crippen LogP contribution is -1.96. The predicted octanol–water partition coefficient (Wildman–Crippen LogP) is 3.88. The van der Waals surface area contributed by atoms with Crippen LogP contribution >= 0.6 is 12.6 Å². The van der Waals surface area contributed by atoms with Crippen molar-refractivity contribution in [3.05, 3.63) is 59.8 Å². The van der Waals surface area contributed by atoms with E-state index in [1.165, 1.54) is 0 Å². The summed E-state index contributed by atoms with van der Waals surface area (Å²) >= 11 is 4.25. The zero-order valence-electron chi connectivity index (χ0n) is 11.0. The Balaban J connectivity index is 1.89. The van der Waals surface area contributed by atoms with Gasteiger partial charge >= 0.3 is 0 Å². The molecule has 20 heavy (non-hydrogen) atoms. The van der Waals surface area contributed by atoms with E-state index in [1.807, 2.05) is 48.5 Å². The molecule has 0 N–H and O–H groups in total. The minimum absolute atomic E-state index is 0.533. The number of aromatic nitrogens is 1. The number of rotatable bonds is 5. The van der Waals surface area contributed by atoms with Crippen molar-refractivity contribution in [2.45, 2.75) is 13.0 Å². The van der Waals surface area contributed by atoms with Gasteiger partial charge in [-0.2, -0.15) is 12.6 Å². The molecule has 0 atom stereocenters. The summed E-state index contributed by atoms with van der Waals surface area (Å²) in [4.78, 5) is 0. The van der Waals surface area contributed by atoms with Crippen LogP contribution in [0.5, 0.6) is 5.75 Å². The first-order valence-electron chi connectivity index (χ1n) is 6.53. The van der Waals surface area contributed by atoms with Gasteiger partial charge in [0.15, 0.2) is 5.58 Å². The minimum Gasteiger partial charge on any atom is -0.488 e. The third kappa shape index (κ3) is 2.65. The molecule has 3 rings (SSSR count). The molecule has 0 aliphatic carbocycles. The molecule has 0 aliphatic rings. The summed E-state index contributed by atoms with van der Waals surface area (Å²) in [7, 11) is 0. The number of benzene rings is 2. The smallest absolute Gasteiger partial charge is 0.170 e. The summed E-state index contributed by atoms with van der Waals surface area (Å²) in [5.74, 6) is 1.54. The molecule has 3 aromatic rings. The first-order chi connectivity index (χ1) is 9.88. The summed E-state index contributed by atoms with van der Waals surface area (Å²) in [6, 6.07) is 15.9. The zero-order chi connectivity index (χ0) is 13.8. The highest BCUT2D eigenvalue weighted by molar-refractivity contribution is 7.80. The molecular formula is C16H15NO2S. The van der Waals surface area contributed by atoms with E-state index in [1.54, 1.807) is 0 Å². The van der Waals surface area contributed by atoms with Crippen molar-refractivity contribution >= 4 is 23.6 Å². The molecule has 0 spiro atoms. The van der Waals surface area contributed by atoms with Gasteiger partial charge in [-0.1, -0.05) is 41.6 Å². The van der Waals surface area contributed by atoms with E-state index < -0.39 is 0 Å². The van der Waals surface area contributed by atoms with Crippen LogP contribution in [-0.2, 0) is 13.0 Å². The highest BCUT2D eigenvalue weighted by Crippen LogP contribution is 2.29. The summed E-state index contributed by atoms with van der Waals surface area (Å²) in [5.41, 5.74) is 2.79. The number of fused-ring (bicyclic) bond motifs is 1. The van der Waals surface area contributed by atoms with E-state index in [-0.39, 0.29) is 0 Å². The molecule has 1 heterocycles. The van der Waals surface area contributed by atoms with Crippen LogP contribution in [0.15, 0.2) is 53.1 Å². The van der Waals surface area contributed by atoms with Crippen molar-refractivity contribution in [2.24, 2.45) is 0 Å². The van der Waals surface area contributed by atoms with Crippen molar-refractivity contribution in [3.8, 4) is 5.75 Å². The van der Waals surface area contributed by atoms with Crippen molar-refractivity contribution < 1.29 is 9.26 Å². The normalized spacial score (nSPS) is 10.8. The second-order valence-corrected chi connectivity index (χ2v) is 4.95. The molecule has 0 aliphatic heterocycles. The first kappa shape index (κ1) is 13.1. The van der Waals surface area contributed by atoms with Gasteiger partial charge in [0, 0.05) is 6.42 Å². The van der Waals surface area contributed by atoms with Gasteiger partial charge in [0.2, 0.25) is 0 Å². The van der Waals surface area contributed by atoms with Crippen molar-refractivity contribution in [3.63, 3.8) is 0 Å². The molecule has 0 saturated carbocycles. The molecule has 102 valence electrons. The van der Waals surface area contributed by atoms with Gasteiger partial charge in [0.05, 0.1) is 11.1 Å². The fourth-order valence-corrected chi connectivity index (χ4v) is 2.37. The van der Waals surface area contributed by atoms with Gasteiger partial charge in [-0.05, 0) is 23.4 Å². The van der Waals surface area contributed by atoms with Gasteiger partial charge in [-0.15, -0.1) is 0 Å². The van der Waals surface area contributed by atoms with E-state index in [0.29, 0.717) is 6.61 Å². The van der Waals surface area contributed by atoms with Crippen LogP contribution < -0.4 is 4.74 Å². The lowest BCUT2D eigenvalue weighted by atomic mass is 10.1. The third-order valence-electron chi connectivity index (χ3n) is 3.12. The lowest BCUT2D eigenvalue weighted by Gasteiger charge is -2.07. The van der Waals surface area contributed by atoms with Crippen LogP contribution in [0.1, 0.15) is 11.3 Å². The van der Waals surface area contributed by atoms with Crippen LogP contribution in [-0.4, -0.2) is 10.9 Å². The quantitative estimate of drug-likeness (QED) is 0.723. The Kier molecular flexibility index (Phi) is 3.92. The third-order valence-corrected chi connectivity index (χ3v) is 3.34. The topological polar surface area (TPSA) is 35.3 Å². The Labute approximate surface area is 122 Å². The number of hydrogen-bond acceptors (Lipinski definition) is 4. The van der Waals surface area contributed by atoms with Crippen LogP contribution in [0.2, 0.25) is 0 Å². The van der Waals surface area contributed by atoms with E-state index in [9.17, 15) is 0 Å². The number of ether oxygens (including phenoxy) is 1. The second-order valence-electron chi connectivity index (χ2n) is 4.51. The van der Waals surface area contributed by atoms with E-state index in [4.69, 9.17) is 9.26 Å². The summed E-state index contributed by atoms with van der Waals surface area (Å²) in [6.45, 7) is 0.533. The van der Waals surface area contributed by atoms with Gasteiger partial charge in [-0.25, -0.2) is 0 Å². The molecule has 0 bridgehead atoms. The number of hydrogen-bond donors (Lipinski definition) is 1. The standard InChI is InChI=1S/C16H15NO2S/c20-10-9-13-16-14(7-4-8-15(16)19-17-13)18-11-12-5-2-1-3-6-12/h1-8,20H,9-11H2. The Morgan fingerprint density at radius 3 is 2.70 bits per heavy atom. The molecule has 4 heteroatoms. The Morgan fingerprint density at radius 1 is 1.05 bits per heavy atom. The highest BCUT2D eigenvalue weighted by Gasteiger charge is 2.12. The molecule has 0 amide bonds. The predicted molar refractivity (Wildman–Crippen MR) is 82.3 cm³/mol. The summed E-state index contributed by atoms with van der Waals surface area (Å²) < 4.78 is 11.3. The number of thiol groups is 1. The fourth-order valence-electron chi connectivity index (χ4n) is 2.15. The Bertz CT molecular complexity index is 694. The monoisotopic (exact) mass is 285 g/mol. The first-order valence-corrected chi connectivity index (χ1v) is 7.16. The van der Waals surface area contributed by atoms with Gasteiger partial charge in [-0.3, -0.25) is 0 Å². The molecule has 0 fully saturated rings. The average molecular weight is 285 g/mol. The molecule has 0 unspecified atom stereocenters. The van der Waals surface area contributed by atoms with E-state index in [0.717, 1.165) is 40.1 Å². The van der Waals surface area contributed by atoms with Gasteiger partial charge in [0.1, 0.15) is 12.4 Å². The lowest BCUT2D eigenvalue weighted by molar-refractivity contribution is 0.310. The highest BCUT2D eigenvalue weighted by atomic mass is 32.1. The Morgan fingerprint density at radius 2 is 1.90 bits per heavy atom. The Hall–Kier alpha value is -1.94. The van der Waals surface area contributed by atoms with Crippen LogP contribution in [0, 0.1) is 0 Å². The second kappa shape index (κ2) is 6.01. The molecule has 3 nitrogen and oxygen atoms in total. The van der Waals surface area contributed by atoms with Crippen LogP contribution in [0.4, 0.5) is 0 Å². The van der Waals surface area contributed by atoms with Gasteiger partial charge in [0.25, 0.3) is 0 Å². The molecular weight excluding hydrogens is 270 g/mol. The maximum atomic E-state index is 5.93. The fraction of sp³-hybridized carbons (Fsp3) is 0.188. The van der Waals surface area contributed by atoms with Crippen molar-refractivity contribution in [1.29, 1.82) is 0 Å². The largest absolute Gasteiger partial charge is 0.488 e. The molecule has 1 aromatic heterocycles. The average Bonchev–Trinajstić information content (AvgIpc) is 2.91. The summed E-state index contributed by atoms with van der Waals surface area (Å²) in [5, 5.41) is 5.05. The van der Waals surface area contributed by atoms with Crippen LogP contribution in [0.3, 0.4) is 0 Å². The van der Waals surface area contributed by atoms with E-state index in [2.05, 4.69) is 17.8 Å². The zero-order valence-corrected chi connectivity index (χ0v) is 11.8. The van der Waals surface area contributed by atoms with Gasteiger partial charge < -0.3 is 9.26 Å². The van der Waals surface area contributed by atoms with E-state index >= 15 is 0 Å².